The minimum atomic E-state index is -4.88. The highest BCUT2D eigenvalue weighted by Gasteiger charge is 2.36. The Balaban J connectivity index is 2.38. The van der Waals surface area contributed by atoms with Crippen molar-refractivity contribution in [2.75, 3.05) is 18.4 Å². The molecule has 3 N–H and O–H groups in total. The Bertz CT molecular complexity index is 918. The van der Waals surface area contributed by atoms with Crippen LogP contribution in [0.25, 0.3) is 10.4 Å². The lowest BCUT2D eigenvalue weighted by atomic mass is 10.1. The molecule has 0 aliphatic carbocycles. The number of hydrogen-bond donors (Lipinski definition) is 3. The molecule has 166 valence electrons. The summed E-state index contributed by atoms with van der Waals surface area (Å²) in [5, 5.41) is 13.8. The quantitative estimate of drug-likeness (QED) is 0.572. The second-order valence-electron chi connectivity index (χ2n) is 7.01. The highest BCUT2D eigenvalue weighted by molar-refractivity contribution is 7.17. The fraction of sp³-hybridized carbons (Fsp3) is 0.471. The smallest absolute Gasteiger partial charge is 0.389 e. The van der Waals surface area contributed by atoms with Gasteiger partial charge in [0.25, 0.3) is 5.91 Å². The molecule has 0 aromatic carbocycles. The van der Waals surface area contributed by atoms with Gasteiger partial charge >= 0.3 is 12.4 Å². The highest BCUT2D eigenvalue weighted by Crippen LogP contribution is 2.41. The van der Waals surface area contributed by atoms with Gasteiger partial charge in [0.1, 0.15) is 12.4 Å². The topological polar surface area (TPSA) is 87.1 Å². The first kappa shape index (κ1) is 23.9. The number of nitrogens with one attached hydrogen (secondary N) is 2. The monoisotopic (exact) mass is 456 g/mol. The second kappa shape index (κ2) is 8.38. The Morgan fingerprint density at radius 3 is 2.33 bits per heavy atom. The lowest BCUT2D eigenvalue weighted by Gasteiger charge is -2.16. The van der Waals surface area contributed by atoms with Crippen LogP contribution in [0.4, 0.5) is 32.2 Å². The van der Waals surface area contributed by atoms with E-state index in [4.69, 9.17) is 0 Å². The van der Waals surface area contributed by atoms with Crippen LogP contribution in [0.2, 0.25) is 0 Å². The molecule has 0 unspecified atom stereocenters. The second-order valence-corrected chi connectivity index (χ2v) is 8.01. The van der Waals surface area contributed by atoms with Gasteiger partial charge in [0.2, 0.25) is 0 Å². The van der Waals surface area contributed by atoms with E-state index in [1.54, 1.807) is 0 Å². The van der Waals surface area contributed by atoms with Crippen LogP contribution < -0.4 is 10.6 Å². The van der Waals surface area contributed by atoms with Gasteiger partial charge < -0.3 is 15.7 Å². The van der Waals surface area contributed by atoms with Gasteiger partial charge in [0.05, 0.1) is 21.7 Å². The van der Waals surface area contributed by atoms with Crippen molar-refractivity contribution in [3.05, 3.63) is 28.5 Å². The van der Waals surface area contributed by atoms with Gasteiger partial charge in [-0.1, -0.05) is 0 Å². The van der Waals surface area contributed by atoms with Crippen molar-refractivity contribution in [2.24, 2.45) is 0 Å². The summed E-state index contributed by atoms with van der Waals surface area (Å²) in [7, 11) is 0. The zero-order valence-electron chi connectivity index (χ0n) is 16.0. The van der Waals surface area contributed by atoms with Crippen molar-refractivity contribution in [3.63, 3.8) is 0 Å². The first-order valence-electron chi connectivity index (χ1n) is 8.43. The summed E-state index contributed by atoms with van der Waals surface area (Å²) in [5.74, 6) is -1.27. The van der Waals surface area contributed by atoms with Gasteiger partial charge in [-0.05, 0) is 26.8 Å². The number of aromatic nitrogens is 2. The molecular weight excluding hydrogens is 438 g/mol. The standard InChI is InChI=1S/C17H18F6N4O2S/c1-8-12(30-14(27-8)13(28)26-6-15(2,3)29)9-5-24-11(25-7-16(18,19)20)4-10(9)17(21,22)23/h4-5,29H,6-7H2,1-3H3,(H,24,25)(H,26,28). The summed E-state index contributed by atoms with van der Waals surface area (Å²) in [5.41, 5.74) is -2.69. The van der Waals surface area contributed by atoms with Gasteiger partial charge in [0, 0.05) is 18.3 Å². The largest absolute Gasteiger partial charge is 0.417 e. The number of aryl methyl sites for hydroxylation is 1. The molecule has 2 heterocycles. The third-order valence-electron chi connectivity index (χ3n) is 3.60. The molecule has 0 fully saturated rings. The van der Waals surface area contributed by atoms with Crippen molar-refractivity contribution in [1.82, 2.24) is 15.3 Å². The number of rotatable bonds is 6. The zero-order valence-corrected chi connectivity index (χ0v) is 16.8. The number of pyridine rings is 1. The Hall–Kier alpha value is -2.41. The number of nitrogens with zero attached hydrogens (tertiary/aromatic N) is 2. The van der Waals surface area contributed by atoms with Crippen molar-refractivity contribution >= 4 is 23.1 Å². The Morgan fingerprint density at radius 1 is 1.17 bits per heavy atom. The normalized spacial score (nSPS) is 12.7. The van der Waals surface area contributed by atoms with Crippen LogP contribution in [-0.4, -0.2) is 45.8 Å². The predicted molar refractivity (Wildman–Crippen MR) is 98.3 cm³/mol. The lowest BCUT2D eigenvalue weighted by molar-refractivity contribution is -0.137. The summed E-state index contributed by atoms with van der Waals surface area (Å²) < 4.78 is 77.6. The van der Waals surface area contributed by atoms with Crippen molar-refractivity contribution in [2.45, 2.75) is 38.7 Å². The first-order valence-corrected chi connectivity index (χ1v) is 9.25. The Labute approximate surface area is 171 Å². The van der Waals surface area contributed by atoms with Crippen LogP contribution in [0.5, 0.6) is 0 Å². The predicted octanol–water partition coefficient (Wildman–Crippen LogP) is 4.01. The molecule has 6 nitrogen and oxygen atoms in total. The van der Waals surface area contributed by atoms with Gasteiger partial charge in [-0.25, -0.2) is 9.97 Å². The van der Waals surface area contributed by atoms with Gasteiger partial charge in [-0.15, -0.1) is 11.3 Å². The number of carbonyl (C=O) groups is 1. The van der Waals surface area contributed by atoms with E-state index in [-0.39, 0.29) is 22.1 Å². The molecule has 30 heavy (non-hydrogen) atoms. The Kier molecular flexibility index (Phi) is 6.66. The molecule has 0 radical (unpaired) electrons. The fourth-order valence-corrected chi connectivity index (χ4v) is 3.28. The average molecular weight is 456 g/mol. The van der Waals surface area contributed by atoms with Gasteiger partial charge in [-0.3, -0.25) is 4.79 Å². The third kappa shape index (κ3) is 6.55. The lowest BCUT2D eigenvalue weighted by Crippen LogP contribution is -2.38. The van der Waals surface area contributed by atoms with E-state index in [2.05, 4.69) is 15.3 Å². The number of hydrogen-bond acceptors (Lipinski definition) is 6. The van der Waals surface area contributed by atoms with Crippen LogP contribution in [0, 0.1) is 6.92 Å². The summed E-state index contributed by atoms with van der Waals surface area (Å²) in [6.07, 6.45) is -8.72. The number of amides is 1. The van der Waals surface area contributed by atoms with E-state index in [0.29, 0.717) is 17.4 Å². The molecule has 1 amide bonds. The third-order valence-corrected chi connectivity index (χ3v) is 4.79. The minimum Gasteiger partial charge on any atom is -0.389 e. The molecule has 0 spiro atoms. The van der Waals surface area contributed by atoms with Gasteiger partial charge in [0.15, 0.2) is 5.01 Å². The number of aliphatic hydroxyl groups is 1. The van der Waals surface area contributed by atoms with Crippen LogP contribution in [-0.2, 0) is 6.18 Å². The van der Waals surface area contributed by atoms with E-state index >= 15 is 0 Å². The summed E-state index contributed by atoms with van der Waals surface area (Å²) >= 11 is 0.680. The number of carbonyl (C=O) groups excluding carboxylic acids is 1. The Morgan fingerprint density at radius 2 is 1.80 bits per heavy atom. The highest BCUT2D eigenvalue weighted by atomic mass is 32.1. The molecule has 2 aromatic rings. The van der Waals surface area contributed by atoms with Crippen LogP contribution in [0.15, 0.2) is 12.3 Å². The molecule has 0 aliphatic rings. The maximum atomic E-state index is 13.5. The van der Waals surface area contributed by atoms with E-state index in [1.165, 1.54) is 20.8 Å². The molecule has 2 aromatic heterocycles. The van der Waals surface area contributed by atoms with Gasteiger partial charge in [-0.2, -0.15) is 26.3 Å². The van der Waals surface area contributed by atoms with Crippen molar-refractivity contribution in [3.8, 4) is 10.4 Å². The maximum Gasteiger partial charge on any atom is 0.417 e. The van der Waals surface area contributed by atoms with Crippen molar-refractivity contribution in [1.29, 1.82) is 0 Å². The number of thiazole rings is 1. The molecule has 0 aliphatic heterocycles. The summed E-state index contributed by atoms with van der Waals surface area (Å²) in [4.78, 5) is 19.8. The zero-order chi connectivity index (χ0) is 22.9. The fourth-order valence-electron chi connectivity index (χ4n) is 2.27. The molecule has 0 saturated heterocycles. The molecular formula is C17H18F6N4O2S. The number of halogens is 6. The maximum absolute atomic E-state index is 13.5. The molecule has 2 rings (SSSR count). The van der Waals surface area contributed by atoms with E-state index in [9.17, 15) is 36.2 Å². The van der Waals surface area contributed by atoms with Crippen molar-refractivity contribution < 1.29 is 36.2 Å². The number of alkyl halides is 6. The van der Waals surface area contributed by atoms with E-state index < -0.39 is 47.4 Å². The average Bonchev–Trinajstić information content (AvgIpc) is 2.97. The van der Waals surface area contributed by atoms with Crippen LogP contribution in [0.1, 0.15) is 34.9 Å². The van der Waals surface area contributed by atoms with Crippen LogP contribution in [0.3, 0.4) is 0 Å². The molecule has 13 heteroatoms. The molecule has 0 saturated carbocycles. The van der Waals surface area contributed by atoms with E-state index in [0.717, 1.165) is 6.20 Å². The molecule has 0 bridgehead atoms. The number of anilines is 1. The SMILES string of the molecule is Cc1nc(C(=O)NCC(C)(C)O)sc1-c1cnc(NCC(F)(F)F)cc1C(F)(F)F. The molecule has 0 atom stereocenters. The van der Waals surface area contributed by atoms with E-state index in [1.807, 2.05) is 5.32 Å². The van der Waals surface area contributed by atoms with Crippen LogP contribution >= 0.6 is 11.3 Å². The minimum absolute atomic E-state index is 0.00519. The first-order chi connectivity index (χ1) is 13.6. The summed E-state index contributed by atoms with van der Waals surface area (Å²) in [6.45, 7) is 2.67. The summed E-state index contributed by atoms with van der Waals surface area (Å²) in [6, 6.07) is 0.480.